The molecule has 0 N–H and O–H groups in total. The lowest BCUT2D eigenvalue weighted by atomic mass is 10.0. The third-order valence-corrected chi connectivity index (χ3v) is 6.41. The molecule has 27 heavy (non-hydrogen) atoms. The lowest BCUT2D eigenvalue weighted by Gasteiger charge is -2.26. The molecule has 1 heterocycles. The van der Waals surface area contributed by atoms with Crippen molar-refractivity contribution in [1.29, 1.82) is 0 Å². The zero-order chi connectivity index (χ0) is 19.4. The maximum atomic E-state index is 12.6. The van der Waals surface area contributed by atoms with Gasteiger partial charge in [-0.1, -0.05) is 17.7 Å². The molecule has 1 aliphatic rings. The number of sulfonamides is 1. The summed E-state index contributed by atoms with van der Waals surface area (Å²) in [4.78, 5) is 12.6. The van der Waals surface area contributed by atoms with Gasteiger partial charge < -0.3 is 9.47 Å². The maximum absolute atomic E-state index is 12.6. The second-order valence-electron chi connectivity index (χ2n) is 6.52. The number of Topliss-reactive ketones (excluding diaryl/α,β-unsaturated/α-hetero) is 1. The molecule has 6 nitrogen and oxygen atoms in total. The van der Waals surface area contributed by atoms with Crippen molar-refractivity contribution in [1.82, 2.24) is 4.31 Å². The molecule has 0 amide bonds. The van der Waals surface area contributed by atoms with Gasteiger partial charge in [0.2, 0.25) is 10.0 Å². The highest BCUT2D eigenvalue weighted by molar-refractivity contribution is 7.89. The number of hydrogen-bond donors (Lipinski definition) is 0. The number of aryl methyl sites for hydroxylation is 2. The first kappa shape index (κ1) is 19.5. The summed E-state index contributed by atoms with van der Waals surface area (Å²) in [6, 6.07) is 11.9. The molecule has 0 saturated carbocycles. The largest absolute Gasteiger partial charge is 0.485 e. The number of morpholine rings is 1. The van der Waals surface area contributed by atoms with Crippen LogP contribution in [-0.2, 0) is 14.8 Å². The number of nitrogens with zero attached hydrogens (tertiary/aromatic N) is 1. The third-order valence-electron chi connectivity index (χ3n) is 4.49. The van der Waals surface area contributed by atoms with E-state index in [1.165, 1.54) is 16.4 Å². The minimum Gasteiger partial charge on any atom is -0.485 e. The molecule has 0 aliphatic carbocycles. The molecule has 0 unspecified atom stereocenters. The molecule has 0 atom stereocenters. The van der Waals surface area contributed by atoms with Crippen molar-refractivity contribution in [3.05, 3.63) is 59.2 Å². The normalized spacial score (nSPS) is 15.5. The second kappa shape index (κ2) is 8.21. The molecule has 144 valence electrons. The molecule has 0 spiro atoms. The molecular formula is C20H23NO5S. The lowest BCUT2D eigenvalue weighted by molar-refractivity contribution is 0.0730. The van der Waals surface area contributed by atoms with Gasteiger partial charge in [0.05, 0.1) is 18.1 Å². The molecule has 1 fully saturated rings. The van der Waals surface area contributed by atoms with Gasteiger partial charge in [0.25, 0.3) is 0 Å². The summed E-state index contributed by atoms with van der Waals surface area (Å²) in [5.74, 6) is 0.343. The van der Waals surface area contributed by atoms with Crippen LogP contribution < -0.4 is 4.74 Å². The Hall–Kier alpha value is -2.22. The molecule has 1 aliphatic heterocycles. The smallest absolute Gasteiger partial charge is 0.243 e. The van der Waals surface area contributed by atoms with Crippen molar-refractivity contribution >= 4 is 15.8 Å². The van der Waals surface area contributed by atoms with E-state index in [0.29, 0.717) is 37.6 Å². The first-order valence-electron chi connectivity index (χ1n) is 8.79. The average molecular weight is 389 g/mol. The Bertz CT molecular complexity index is 916. The predicted octanol–water partition coefficient (Wildman–Crippen LogP) is 2.59. The topological polar surface area (TPSA) is 72.9 Å². The molecule has 2 aromatic carbocycles. The third kappa shape index (κ3) is 4.55. The van der Waals surface area contributed by atoms with Crippen molar-refractivity contribution < 1.29 is 22.7 Å². The Balaban J connectivity index is 1.65. The van der Waals surface area contributed by atoms with E-state index in [4.69, 9.17) is 9.47 Å². The lowest BCUT2D eigenvalue weighted by Crippen LogP contribution is -2.40. The van der Waals surface area contributed by atoms with E-state index in [-0.39, 0.29) is 17.3 Å². The number of ether oxygens (including phenoxy) is 2. The predicted molar refractivity (Wildman–Crippen MR) is 102 cm³/mol. The first-order chi connectivity index (χ1) is 12.9. The monoisotopic (exact) mass is 389 g/mol. The summed E-state index contributed by atoms with van der Waals surface area (Å²) >= 11 is 0. The van der Waals surface area contributed by atoms with Crippen molar-refractivity contribution in [2.45, 2.75) is 18.7 Å². The summed E-state index contributed by atoms with van der Waals surface area (Å²) in [6.45, 7) is 5.24. The molecule has 0 aromatic heterocycles. The fourth-order valence-electron chi connectivity index (χ4n) is 2.91. The van der Waals surface area contributed by atoms with Gasteiger partial charge >= 0.3 is 0 Å². The Morgan fingerprint density at radius 3 is 2.41 bits per heavy atom. The highest BCUT2D eigenvalue weighted by atomic mass is 32.2. The van der Waals surface area contributed by atoms with Crippen LogP contribution >= 0.6 is 0 Å². The number of ketones is 1. The fraction of sp³-hybridized carbons (Fsp3) is 0.350. The average Bonchev–Trinajstić information content (AvgIpc) is 2.69. The van der Waals surface area contributed by atoms with Crippen LogP contribution in [0.15, 0.2) is 47.4 Å². The van der Waals surface area contributed by atoms with Crippen LogP contribution in [0.25, 0.3) is 0 Å². The number of rotatable bonds is 6. The Morgan fingerprint density at radius 2 is 1.74 bits per heavy atom. The molecule has 2 aromatic rings. The zero-order valence-electron chi connectivity index (χ0n) is 15.5. The second-order valence-corrected chi connectivity index (χ2v) is 8.46. The Labute approximate surface area is 159 Å². The zero-order valence-corrected chi connectivity index (χ0v) is 16.3. The maximum Gasteiger partial charge on any atom is 0.243 e. The van der Waals surface area contributed by atoms with Crippen LogP contribution in [0.2, 0.25) is 0 Å². The van der Waals surface area contributed by atoms with Crippen molar-refractivity contribution in [3.63, 3.8) is 0 Å². The fourth-order valence-corrected chi connectivity index (χ4v) is 4.31. The minimum absolute atomic E-state index is 0.0974. The van der Waals surface area contributed by atoms with E-state index in [9.17, 15) is 13.2 Å². The van der Waals surface area contributed by atoms with Gasteiger partial charge in [-0.15, -0.1) is 0 Å². The van der Waals surface area contributed by atoms with Crippen molar-refractivity contribution in [2.75, 3.05) is 32.9 Å². The van der Waals surface area contributed by atoms with Crippen molar-refractivity contribution in [2.24, 2.45) is 0 Å². The Morgan fingerprint density at radius 1 is 1.07 bits per heavy atom. The van der Waals surface area contributed by atoms with E-state index in [2.05, 4.69) is 0 Å². The van der Waals surface area contributed by atoms with Gasteiger partial charge in [0, 0.05) is 18.7 Å². The van der Waals surface area contributed by atoms with Crippen LogP contribution in [-0.4, -0.2) is 51.4 Å². The number of hydrogen-bond acceptors (Lipinski definition) is 5. The number of carbonyl (C=O) groups excluding carboxylic acids is 1. The summed E-state index contributed by atoms with van der Waals surface area (Å²) in [7, 11) is -3.53. The highest BCUT2D eigenvalue weighted by Gasteiger charge is 2.26. The van der Waals surface area contributed by atoms with E-state index >= 15 is 0 Å². The van der Waals surface area contributed by atoms with Crippen LogP contribution in [0, 0.1) is 13.8 Å². The van der Waals surface area contributed by atoms with Gasteiger partial charge in [0.15, 0.2) is 12.4 Å². The summed E-state index contributed by atoms with van der Waals surface area (Å²) in [5.41, 5.74) is 2.56. The number of carbonyl (C=O) groups is 1. The standard InChI is InChI=1S/C20H23NO5S/c1-15-3-4-16(2)19(13-15)20(22)14-26-17-5-7-18(8-6-17)27(23,24)21-9-11-25-12-10-21/h3-8,13H,9-12,14H2,1-2H3. The highest BCUT2D eigenvalue weighted by Crippen LogP contribution is 2.21. The SMILES string of the molecule is Cc1ccc(C)c(C(=O)COc2ccc(S(=O)(=O)N3CCOCC3)cc2)c1. The summed E-state index contributed by atoms with van der Waals surface area (Å²) in [5, 5.41) is 0. The number of benzene rings is 2. The van der Waals surface area contributed by atoms with E-state index in [1.807, 2.05) is 32.0 Å². The van der Waals surface area contributed by atoms with Gasteiger partial charge in [-0.05, 0) is 49.7 Å². The summed E-state index contributed by atoms with van der Waals surface area (Å²) in [6.07, 6.45) is 0. The van der Waals surface area contributed by atoms with Gasteiger partial charge in [-0.2, -0.15) is 4.31 Å². The molecular weight excluding hydrogens is 366 g/mol. The van der Waals surface area contributed by atoms with Crippen LogP contribution in [0.5, 0.6) is 5.75 Å². The molecule has 0 radical (unpaired) electrons. The van der Waals surface area contributed by atoms with E-state index in [0.717, 1.165) is 11.1 Å². The first-order valence-corrected chi connectivity index (χ1v) is 10.2. The van der Waals surface area contributed by atoms with Crippen LogP contribution in [0.1, 0.15) is 21.5 Å². The van der Waals surface area contributed by atoms with Gasteiger partial charge in [-0.3, -0.25) is 4.79 Å². The van der Waals surface area contributed by atoms with Crippen LogP contribution in [0.3, 0.4) is 0 Å². The van der Waals surface area contributed by atoms with E-state index < -0.39 is 10.0 Å². The van der Waals surface area contributed by atoms with E-state index in [1.54, 1.807) is 12.1 Å². The van der Waals surface area contributed by atoms with Crippen LogP contribution in [0.4, 0.5) is 0 Å². The molecule has 7 heteroatoms. The minimum atomic E-state index is -3.53. The van der Waals surface area contributed by atoms with Gasteiger partial charge in [-0.25, -0.2) is 8.42 Å². The van der Waals surface area contributed by atoms with Crippen molar-refractivity contribution in [3.8, 4) is 5.75 Å². The molecule has 3 rings (SSSR count). The molecule has 1 saturated heterocycles. The van der Waals surface area contributed by atoms with Gasteiger partial charge in [0.1, 0.15) is 5.75 Å². The quantitative estimate of drug-likeness (QED) is 0.710. The molecule has 0 bridgehead atoms. The Kier molecular flexibility index (Phi) is 5.94. The summed E-state index contributed by atoms with van der Waals surface area (Å²) < 4.78 is 37.4.